The standard InChI is InChI=1S/C25H26F3N5O4S/c1-38(34,35)29-15-22-21-14-20(37-16-18-11-12-32(30-18)24-4-2-3-13-36-24)9-10-23(21)33(31-22)19-7-5-17(6-8-19)25(26,27)28/h5-12,14,24,29H,2-4,13,15-16H2,1H3. The summed E-state index contributed by atoms with van der Waals surface area (Å²) in [7, 11) is -3.51. The summed E-state index contributed by atoms with van der Waals surface area (Å²) in [4.78, 5) is 0. The fourth-order valence-corrected chi connectivity index (χ4v) is 4.67. The van der Waals surface area contributed by atoms with E-state index in [-0.39, 0.29) is 19.4 Å². The summed E-state index contributed by atoms with van der Waals surface area (Å²) in [6, 6.07) is 11.6. The van der Waals surface area contributed by atoms with E-state index in [9.17, 15) is 21.6 Å². The van der Waals surface area contributed by atoms with Gasteiger partial charge in [-0.05, 0) is 67.8 Å². The van der Waals surface area contributed by atoms with Gasteiger partial charge >= 0.3 is 6.18 Å². The predicted molar refractivity (Wildman–Crippen MR) is 133 cm³/mol. The van der Waals surface area contributed by atoms with Crippen molar-refractivity contribution < 1.29 is 31.1 Å². The van der Waals surface area contributed by atoms with Gasteiger partial charge in [0.25, 0.3) is 0 Å². The molecular formula is C25H26F3N5O4S. The van der Waals surface area contributed by atoms with Crippen LogP contribution in [0.2, 0.25) is 0 Å². The number of nitrogens with one attached hydrogen (secondary N) is 1. The Morgan fingerprint density at radius 1 is 1.11 bits per heavy atom. The van der Waals surface area contributed by atoms with Gasteiger partial charge in [0, 0.05) is 18.2 Å². The van der Waals surface area contributed by atoms with Gasteiger partial charge in [-0.3, -0.25) is 0 Å². The molecule has 5 rings (SSSR count). The first-order valence-corrected chi connectivity index (χ1v) is 13.9. The highest BCUT2D eigenvalue weighted by Crippen LogP contribution is 2.31. The van der Waals surface area contributed by atoms with E-state index in [1.54, 1.807) is 22.9 Å². The normalized spacial score (nSPS) is 16.7. The number of hydrogen-bond donors (Lipinski definition) is 1. The summed E-state index contributed by atoms with van der Waals surface area (Å²) in [6.45, 7) is 0.820. The molecule has 1 aliphatic rings. The SMILES string of the molecule is CS(=O)(=O)NCc1nn(-c2ccc(C(F)(F)F)cc2)c2ccc(OCc3ccn(C4CCCCO4)n3)cc12. The first kappa shape index (κ1) is 26.2. The number of nitrogens with zero attached hydrogens (tertiary/aromatic N) is 4. The molecule has 2 aromatic heterocycles. The van der Waals surface area contributed by atoms with E-state index in [0.29, 0.717) is 34.6 Å². The average Bonchev–Trinajstić information content (AvgIpc) is 3.51. The molecule has 0 aliphatic carbocycles. The Morgan fingerprint density at radius 3 is 2.58 bits per heavy atom. The zero-order valence-corrected chi connectivity index (χ0v) is 21.3. The molecule has 38 heavy (non-hydrogen) atoms. The molecule has 9 nitrogen and oxygen atoms in total. The second-order valence-corrected chi connectivity index (χ2v) is 10.9. The van der Waals surface area contributed by atoms with Gasteiger partial charge in [-0.25, -0.2) is 22.5 Å². The Hall–Kier alpha value is -3.42. The Morgan fingerprint density at radius 2 is 1.89 bits per heavy atom. The lowest BCUT2D eigenvalue weighted by atomic mass is 10.2. The first-order valence-electron chi connectivity index (χ1n) is 12.0. The van der Waals surface area contributed by atoms with Gasteiger partial charge in [0.05, 0.1) is 41.0 Å². The van der Waals surface area contributed by atoms with Crippen molar-refractivity contribution in [3.05, 3.63) is 71.7 Å². The molecule has 1 unspecified atom stereocenters. The Labute approximate surface area is 217 Å². The minimum absolute atomic E-state index is 0.0743. The zero-order valence-electron chi connectivity index (χ0n) is 20.5. The summed E-state index contributed by atoms with van der Waals surface area (Å²) in [6.07, 6.45) is 1.41. The van der Waals surface area contributed by atoms with Gasteiger partial charge in [-0.15, -0.1) is 0 Å². The topological polar surface area (TPSA) is 100 Å². The van der Waals surface area contributed by atoms with Crippen molar-refractivity contribution in [2.24, 2.45) is 0 Å². The molecule has 4 aromatic rings. The lowest BCUT2D eigenvalue weighted by Crippen LogP contribution is -2.21. The third-order valence-electron chi connectivity index (χ3n) is 6.17. The highest BCUT2D eigenvalue weighted by molar-refractivity contribution is 7.88. The third kappa shape index (κ3) is 6.00. The highest BCUT2D eigenvalue weighted by atomic mass is 32.2. The number of sulfonamides is 1. The second-order valence-electron chi connectivity index (χ2n) is 9.07. The molecule has 13 heteroatoms. The van der Waals surface area contributed by atoms with Gasteiger partial charge in [0.15, 0.2) is 0 Å². The maximum absolute atomic E-state index is 13.0. The largest absolute Gasteiger partial charge is 0.487 e. The number of benzene rings is 2. The maximum atomic E-state index is 13.0. The van der Waals surface area contributed by atoms with Crippen molar-refractivity contribution in [1.29, 1.82) is 0 Å². The van der Waals surface area contributed by atoms with Gasteiger partial charge in [0.2, 0.25) is 10.0 Å². The highest BCUT2D eigenvalue weighted by Gasteiger charge is 2.30. The number of halogens is 3. The van der Waals surface area contributed by atoms with Crippen molar-refractivity contribution in [1.82, 2.24) is 24.3 Å². The minimum Gasteiger partial charge on any atom is -0.487 e. The molecule has 0 amide bonds. The van der Waals surface area contributed by atoms with Crippen LogP contribution in [-0.4, -0.2) is 40.8 Å². The minimum atomic E-state index is -4.46. The number of hydrogen-bond acceptors (Lipinski definition) is 6. The number of alkyl halides is 3. The zero-order chi connectivity index (χ0) is 26.9. The molecule has 1 aliphatic heterocycles. The van der Waals surface area contributed by atoms with Crippen molar-refractivity contribution in [2.45, 2.75) is 44.8 Å². The van der Waals surface area contributed by atoms with Crippen LogP contribution in [0.3, 0.4) is 0 Å². The molecule has 1 saturated heterocycles. The number of aromatic nitrogens is 4. The van der Waals surface area contributed by atoms with E-state index in [1.165, 1.54) is 16.8 Å². The van der Waals surface area contributed by atoms with Crippen LogP contribution in [0.1, 0.15) is 42.4 Å². The van der Waals surface area contributed by atoms with Gasteiger partial charge in [-0.1, -0.05) is 0 Å². The molecular weight excluding hydrogens is 523 g/mol. The molecule has 1 N–H and O–H groups in total. The van der Waals surface area contributed by atoms with Gasteiger partial charge in [-0.2, -0.15) is 23.4 Å². The van der Waals surface area contributed by atoms with Crippen molar-refractivity contribution >= 4 is 20.9 Å². The van der Waals surface area contributed by atoms with E-state index in [2.05, 4.69) is 14.9 Å². The molecule has 1 atom stereocenters. The first-order chi connectivity index (χ1) is 18.1. The van der Waals surface area contributed by atoms with Crippen LogP contribution in [0, 0.1) is 0 Å². The van der Waals surface area contributed by atoms with Crippen LogP contribution in [0.15, 0.2) is 54.7 Å². The molecule has 1 fully saturated rings. The summed E-state index contributed by atoms with van der Waals surface area (Å²) in [5.41, 5.74) is 1.33. The lowest BCUT2D eigenvalue weighted by Gasteiger charge is -2.22. The second kappa shape index (κ2) is 10.4. The van der Waals surface area contributed by atoms with Crippen LogP contribution < -0.4 is 9.46 Å². The van der Waals surface area contributed by atoms with Crippen LogP contribution in [0.5, 0.6) is 5.75 Å². The lowest BCUT2D eigenvalue weighted by molar-refractivity contribution is -0.137. The molecule has 0 radical (unpaired) electrons. The molecule has 0 spiro atoms. The monoisotopic (exact) mass is 549 g/mol. The van der Waals surface area contributed by atoms with Crippen LogP contribution >= 0.6 is 0 Å². The van der Waals surface area contributed by atoms with Gasteiger partial charge < -0.3 is 9.47 Å². The maximum Gasteiger partial charge on any atom is 0.416 e. The number of rotatable bonds is 8. The van der Waals surface area contributed by atoms with Gasteiger partial charge in [0.1, 0.15) is 18.6 Å². The summed E-state index contributed by atoms with van der Waals surface area (Å²) in [5.74, 6) is 0.508. The van der Waals surface area contributed by atoms with Crippen molar-refractivity contribution in [3.8, 4) is 11.4 Å². The Kier molecular flexibility index (Phi) is 7.16. The fourth-order valence-electron chi connectivity index (χ4n) is 4.27. The van der Waals surface area contributed by atoms with E-state index in [4.69, 9.17) is 9.47 Å². The van der Waals surface area contributed by atoms with Crippen LogP contribution in [0.4, 0.5) is 13.2 Å². The van der Waals surface area contributed by atoms with Crippen molar-refractivity contribution in [2.75, 3.05) is 12.9 Å². The van der Waals surface area contributed by atoms with Crippen molar-refractivity contribution in [3.63, 3.8) is 0 Å². The quantitative estimate of drug-likeness (QED) is 0.346. The van der Waals surface area contributed by atoms with E-state index in [0.717, 1.165) is 43.3 Å². The predicted octanol–water partition coefficient (Wildman–Crippen LogP) is 4.57. The molecule has 2 aromatic carbocycles. The smallest absolute Gasteiger partial charge is 0.416 e. The van der Waals surface area contributed by atoms with Crippen LogP contribution in [-0.2, 0) is 34.1 Å². The Bertz CT molecular complexity index is 1520. The molecule has 3 heterocycles. The Balaban J connectivity index is 1.40. The molecule has 202 valence electrons. The van der Waals surface area contributed by atoms with E-state index >= 15 is 0 Å². The fraction of sp³-hybridized carbons (Fsp3) is 0.360. The number of fused-ring (bicyclic) bond motifs is 1. The summed E-state index contributed by atoms with van der Waals surface area (Å²) < 4.78 is 79.8. The number of ether oxygens (including phenoxy) is 2. The molecule has 0 bridgehead atoms. The molecule has 0 saturated carbocycles. The summed E-state index contributed by atoms with van der Waals surface area (Å²) >= 11 is 0. The van der Waals surface area contributed by atoms with E-state index in [1.807, 2.05) is 12.3 Å². The summed E-state index contributed by atoms with van der Waals surface area (Å²) in [5, 5.41) is 9.64. The van der Waals surface area contributed by atoms with Crippen LogP contribution in [0.25, 0.3) is 16.6 Å². The average molecular weight is 550 g/mol. The third-order valence-corrected chi connectivity index (χ3v) is 6.84. The van der Waals surface area contributed by atoms with E-state index < -0.39 is 21.8 Å².